The molecule has 4 rings (SSSR count). The first-order valence-electron chi connectivity index (χ1n) is 9.15. The average molecular weight is 432 g/mol. The van der Waals surface area contributed by atoms with Gasteiger partial charge in [0.15, 0.2) is 0 Å². The first-order chi connectivity index (χ1) is 14.1. The molecule has 0 unspecified atom stereocenters. The van der Waals surface area contributed by atoms with Gasteiger partial charge in [0, 0.05) is 37.3 Å². The molecule has 0 radical (unpaired) electrons. The number of anilines is 3. The third-order valence-corrected chi connectivity index (χ3v) is 5.99. The molecule has 1 spiro atoms. The van der Waals surface area contributed by atoms with Crippen LogP contribution in [0.3, 0.4) is 0 Å². The molecule has 0 atom stereocenters. The monoisotopic (exact) mass is 432 g/mol. The molecule has 0 aliphatic carbocycles. The van der Waals surface area contributed by atoms with Crippen LogP contribution in [-0.2, 0) is 10.0 Å². The number of aromatic carboxylic acids is 1. The van der Waals surface area contributed by atoms with E-state index in [1.54, 1.807) is 24.3 Å². The smallest absolute Gasteiger partial charge is 0.342 e. The second-order valence-corrected chi connectivity index (χ2v) is 9.62. The lowest BCUT2D eigenvalue weighted by atomic mass is 9.72. The van der Waals surface area contributed by atoms with Crippen molar-refractivity contribution in [2.24, 2.45) is 5.41 Å². The third kappa shape index (κ3) is 3.63. The zero-order valence-corrected chi connectivity index (χ0v) is 16.9. The second-order valence-electron chi connectivity index (χ2n) is 7.87. The molecule has 2 fully saturated rings. The summed E-state index contributed by atoms with van der Waals surface area (Å²) >= 11 is 0. The molecular weight excluding hydrogens is 412 g/mol. The predicted octanol–water partition coefficient (Wildman–Crippen LogP) is 1.99. The molecule has 158 valence electrons. The van der Waals surface area contributed by atoms with E-state index in [1.807, 2.05) is 11.0 Å². The Kier molecular flexibility index (Phi) is 4.57. The van der Waals surface area contributed by atoms with Gasteiger partial charge in [0.2, 0.25) is 10.0 Å². The normalized spacial score (nSPS) is 17.2. The molecule has 2 heterocycles. The van der Waals surface area contributed by atoms with Gasteiger partial charge >= 0.3 is 11.7 Å². The van der Waals surface area contributed by atoms with Crippen molar-refractivity contribution in [1.29, 1.82) is 0 Å². The molecule has 2 aliphatic heterocycles. The highest BCUT2D eigenvalue weighted by Gasteiger charge is 2.53. The zero-order valence-electron chi connectivity index (χ0n) is 16.1. The highest BCUT2D eigenvalue weighted by Crippen LogP contribution is 2.46. The van der Waals surface area contributed by atoms with Crippen LogP contribution in [0, 0.1) is 15.5 Å². The first kappa shape index (κ1) is 20.0. The molecule has 2 aliphatic rings. The molecule has 0 aromatic heterocycles. The van der Waals surface area contributed by atoms with Crippen LogP contribution in [0.1, 0.15) is 10.4 Å². The van der Waals surface area contributed by atoms with Gasteiger partial charge in [0.25, 0.3) is 0 Å². The van der Waals surface area contributed by atoms with Crippen molar-refractivity contribution >= 4 is 38.7 Å². The highest BCUT2D eigenvalue weighted by molar-refractivity contribution is 7.92. The van der Waals surface area contributed by atoms with Gasteiger partial charge in [-0.1, -0.05) is 12.1 Å². The summed E-state index contributed by atoms with van der Waals surface area (Å²) in [5, 5.41) is 20.7. The minimum atomic E-state index is -3.36. The minimum Gasteiger partial charge on any atom is -0.477 e. The van der Waals surface area contributed by atoms with Crippen molar-refractivity contribution in [3.05, 3.63) is 58.1 Å². The fourth-order valence-corrected chi connectivity index (χ4v) is 4.77. The Morgan fingerprint density at radius 1 is 1.13 bits per heavy atom. The van der Waals surface area contributed by atoms with Gasteiger partial charge in [-0.05, 0) is 30.3 Å². The SMILES string of the molecule is CS(=O)(=O)Nc1cccc(N2CC3(C2)CN(c2cccc(C(=O)O)c2[N+](=O)[O-])C3)c1. The van der Waals surface area contributed by atoms with E-state index in [4.69, 9.17) is 0 Å². The van der Waals surface area contributed by atoms with Gasteiger partial charge in [-0.25, -0.2) is 13.2 Å². The van der Waals surface area contributed by atoms with Crippen molar-refractivity contribution < 1.29 is 23.2 Å². The number of carboxylic acids is 1. The molecular formula is C19H20N4O6S. The molecule has 11 heteroatoms. The Bertz CT molecular complexity index is 1140. The maximum atomic E-state index is 11.5. The Balaban J connectivity index is 1.45. The summed E-state index contributed by atoms with van der Waals surface area (Å²) in [6.45, 7) is 2.65. The van der Waals surface area contributed by atoms with Gasteiger partial charge in [0.05, 0.1) is 16.9 Å². The quantitative estimate of drug-likeness (QED) is 0.523. The summed E-state index contributed by atoms with van der Waals surface area (Å²) in [4.78, 5) is 26.1. The number of carbonyl (C=O) groups is 1. The summed E-state index contributed by atoms with van der Waals surface area (Å²) in [5.41, 5.74) is 0.995. The topological polar surface area (TPSA) is 133 Å². The number of nitrogens with zero attached hydrogens (tertiary/aromatic N) is 3. The first-order valence-corrected chi connectivity index (χ1v) is 11.0. The molecule has 30 heavy (non-hydrogen) atoms. The van der Waals surface area contributed by atoms with Crippen LogP contribution in [0.2, 0.25) is 0 Å². The highest BCUT2D eigenvalue weighted by atomic mass is 32.2. The van der Waals surface area contributed by atoms with Crippen LogP contribution >= 0.6 is 0 Å². The van der Waals surface area contributed by atoms with E-state index in [2.05, 4.69) is 9.62 Å². The van der Waals surface area contributed by atoms with Crippen LogP contribution in [0.15, 0.2) is 42.5 Å². The van der Waals surface area contributed by atoms with E-state index in [0.29, 0.717) is 24.5 Å². The van der Waals surface area contributed by atoms with Gasteiger partial charge in [0.1, 0.15) is 11.3 Å². The van der Waals surface area contributed by atoms with E-state index in [-0.39, 0.29) is 16.7 Å². The van der Waals surface area contributed by atoms with Crippen LogP contribution in [-0.4, -0.2) is 56.9 Å². The summed E-state index contributed by atoms with van der Waals surface area (Å²) < 4.78 is 25.3. The molecule has 0 saturated carbocycles. The molecule has 0 bridgehead atoms. The summed E-state index contributed by atoms with van der Waals surface area (Å²) in [5.74, 6) is -1.32. The van der Waals surface area contributed by atoms with Gasteiger partial charge in [-0.2, -0.15) is 0 Å². The Hall–Kier alpha value is -3.34. The number of para-hydroxylation sites is 1. The van der Waals surface area contributed by atoms with Crippen molar-refractivity contribution in [2.45, 2.75) is 0 Å². The largest absolute Gasteiger partial charge is 0.477 e. The number of benzene rings is 2. The number of rotatable bonds is 6. The number of hydrogen-bond donors (Lipinski definition) is 2. The van der Waals surface area contributed by atoms with Gasteiger partial charge in [-0.3, -0.25) is 14.8 Å². The van der Waals surface area contributed by atoms with E-state index in [9.17, 15) is 28.4 Å². The molecule has 2 aromatic carbocycles. The molecule has 2 N–H and O–H groups in total. The fourth-order valence-electron chi connectivity index (χ4n) is 4.21. The maximum Gasteiger partial charge on any atom is 0.342 e. The van der Waals surface area contributed by atoms with Gasteiger partial charge < -0.3 is 14.9 Å². The summed E-state index contributed by atoms with van der Waals surface area (Å²) in [6, 6.07) is 11.5. The lowest BCUT2D eigenvalue weighted by Crippen LogP contribution is -2.72. The number of nitro benzene ring substituents is 1. The number of nitro groups is 1. The molecule has 2 aromatic rings. The van der Waals surface area contributed by atoms with Crippen LogP contribution < -0.4 is 14.5 Å². The van der Waals surface area contributed by atoms with Crippen molar-refractivity contribution in [3.63, 3.8) is 0 Å². The molecule has 2 saturated heterocycles. The van der Waals surface area contributed by atoms with Crippen molar-refractivity contribution in [2.75, 3.05) is 47.0 Å². The number of nitrogens with one attached hydrogen (secondary N) is 1. The predicted molar refractivity (Wildman–Crippen MR) is 112 cm³/mol. The summed E-state index contributed by atoms with van der Waals surface area (Å²) in [6.07, 6.45) is 1.10. The lowest BCUT2D eigenvalue weighted by molar-refractivity contribution is -0.384. The Morgan fingerprint density at radius 2 is 1.77 bits per heavy atom. The van der Waals surface area contributed by atoms with E-state index in [1.165, 1.54) is 12.1 Å². The van der Waals surface area contributed by atoms with Crippen molar-refractivity contribution in [1.82, 2.24) is 0 Å². The number of sulfonamides is 1. The zero-order chi connectivity index (χ0) is 21.7. The van der Waals surface area contributed by atoms with Crippen LogP contribution in [0.5, 0.6) is 0 Å². The fraction of sp³-hybridized carbons (Fsp3) is 0.316. The maximum absolute atomic E-state index is 11.5. The number of hydrogen-bond acceptors (Lipinski definition) is 7. The minimum absolute atomic E-state index is 0.0205. The Morgan fingerprint density at radius 3 is 2.37 bits per heavy atom. The molecule has 0 amide bonds. The standard InChI is InChI=1S/C19H20N4O6S/c1-30(28,29)20-13-4-2-5-14(8-13)21-9-19(10-21)11-22(12-19)16-7-3-6-15(18(24)25)17(16)23(26)27/h2-8,20H,9-12H2,1H3,(H,24,25). The number of carboxylic acid groups (broad SMARTS) is 1. The molecule has 10 nitrogen and oxygen atoms in total. The van der Waals surface area contributed by atoms with Gasteiger partial charge in [-0.15, -0.1) is 0 Å². The van der Waals surface area contributed by atoms with E-state index < -0.39 is 20.9 Å². The lowest BCUT2D eigenvalue weighted by Gasteiger charge is -2.61. The van der Waals surface area contributed by atoms with Crippen LogP contribution in [0.25, 0.3) is 0 Å². The van der Waals surface area contributed by atoms with Crippen molar-refractivity contribution in [3.8, 4) is 0 Å². The van der Waals surface area contributed by atoms with Crippen LogP contribution in [0.4, 0.5) is 22.7 Å². The van der Waals surface area contributed by atoms with E-state index in [0.717, 1.165) is 25.0 Å². The summed E-state index contributed by atoms with van der Waals surface area (Å²) in [7, 11) is -3.36. The van der Waals surface area contributed by atoms with E-state index >= 15 is 0 Å². The second kappa shape index (κ2) is 6.87. The Labute approximate surface area is 172 Å². The average Bonchev–Trinajstić information content (AvgIpc) is 2.57. The third-order valence-electron chi connectivity index (χ3n) is 5.39.